The van der Waals surface area contributed by atoms with E-state index >= 15 is 0 Å². The molecular weight excluding hydrogens is 316 g/mol. The van der Waals surface area contributed by atoms with Crippen LogP contribution in [-0.4, -0.2) is 34.6 Å². The third kappa shape index (κ3) is 11.1. The van der Waals surface area contributed by atoms with Crippen molar-refractivity contribution in [3.63, 3.8) is 0 Å². The van der Waals surface area contributed by atoms with E-state index in [1.807, 2.05) is 19.9 Å². The molecule has 0 aliphatic carbocycles. The maximum Gasteiger partial charge on any atom is 0.160 e. The van der Waals surface area contributed by atoms with Gasteiger partial charge in [0.2, 0.25) is 0 Å². The Kier molecular flexibility index (Phi) is 14.3. The summed E-state index contributed by atoms with van der Waals surface area (Å²) in [5.74, 6) is 0.569. The number of aliphatic hydroxyl groups excluding tert-OH is 2. The van der Waals surface area contributed by atoms with Crippen molar-refractivity contribution in [1.82, 2.24) is 0 Å². The summed E-state index contributed by atoms with van der Waals surface area (Å²) in [4.78, 5) is 0. The molecule has 1 aromatic carbocycles. The molecule has 1 aromatic rings. The summed E-state index contributed by atoms with van der Waals surface area (Å²) in [6.45, 7) is 6.19. The molecule has 0 saturated heterocycles. The van der Waals surface area contributed by atoms with Crippen LogP contribution in [-0.2, 0) is 6.42 Å². The SMILES string of the molecule is CC.CCCCCCCC(O)CC(O)CCc1ccc(O)c(OC)c1. The number of hydrogen-bond acceptors (Lipinski definition) is 4. The first-order valence-corrected chi connectivity index (χ1v) is 9.78. The number of aryl methyl sites for hydroxylation is 1. The summed E-state index contributed by atoms with van der Waals surface area (Å²) in [6, 6.07) is 5.21. The van der Waals surface area contributed by atoms with Gasteiger partial charge in [-0.25, -0.2) is 0 Å². The Morgan fingerprint density at radius 2 is 1.60 bits per heavy atom. The Bertz CT molecular complexity index is 434. The van der Waals surface area contributed by atoms with Gasteiger partial charge in [-0.15, -0.1) is 0 Å². The fraction of sp³-hybridized carbons (Fsp3) is 0.714. The number of aromatic hydroxyl groups is 1. The van der Waals surface area contributed by atoms with Crippen LogP contribution in [0, 0.1) is 0 Å². The standard InChI is InChI=1S/C19H32O4.C2H6/c1-3-4-5-6-7-8-16(20)14-17(21)11-9-15-10-12-18(22)19(13-15)23-2;1-2/h10,12-13,16-17,20-22H,3-9,11,14H2,1-2H3;1-2H3. The first-order valence-electron chi connectivity index (χ1n) is 9.78. The number of unbranched alkanes of at least 4 members (excludes halogenated alkanes) is 4. The Balaban J connectivity index is 0.00000277. The molecule has 0 saturated carbocycles. The van der Waals surface area contributed by atoms with Crippen LogP contribution in [0.2, 0.25) is 0 Å². The van der Waals surface area contributed by atoms with E-state index < -0.39 is 12.2 Å². The van der Waals surface area contributed by atoms with Crippen LogP contribution < -0.4 is 4.74 Å². The number of aliphatic hydroxyl groups is 2. The zero-order valence-corrected chi connectivity index (χ0v) is 16.5. The summed E-state index contributed by atoms with van der Waals surface area (Å²) in [5.41, 5.74) is 1.01. The van der Waals surface area contributed by atoms with E-state index in [0.29, 0.717) is 25.0 Å². The lowest BCUT2D eigenvalue weighted by Crippen LogP contribution is -2.18. The Morgan fingerprint density at radius 1 is 0.960 bits per heavy atom. The van der Waals surface area contributed by atoms with E-state index in [4.69, 9.17) is 4.74 Å². The molecular formula is C21H38O4. The van der Waals surface area contributed by atoms with E-state index in [-0.39, 0.29) is 5.75 Å². The van der Waals surface area contributed by atoms with E-state index in [9.17, 15) is 15.3 Å². The van der Waals surface area contributed by atoms with Crippen molar-refractivity contribution < 1.29 is 20.1 Å². The van der Waals surface area contributed by atoms with Crippen molar-refractivity contribution in [2.75, 3.05) is 7.11 Å². The highest BCUT2D eigenvalue weighted by atomic mass is 16.5. The number of ether oxygens (including phenoxy) is 1. The maximum atomic E-state index is 10.1. The molecule has 0 amide bonds. The molecule has 146 valence electrons. The molecule has 0 bridgehead atoms. The van der Waals surface area contributed by atoms with Crippen LogP contribution in [0.1, 0.15) is 77.7 Å². The van der Waals surface area contributed by atoms with Gasteiger partial charge in [-0.3, -0.25) is 0 Å². The van der Waals surface area contributed by atoms with Crippen LogP contribution in [0.5, 0.6) is 11.5 Å². The summed E-state index contributed by atoms with van der Waals surface area (Å²) in [6.07, 6.45) is 7.49. The number of hydrogen-bond donors (Lipinski definition) is 3. The highest BCUT2D eigenvalue weighted by Crippen LogP contribution is 2.27. The van der Waals surface area contributed by atoms with Gasteiger partial charge in [-0.1, -0.05) is 58.9 Å². The lowest BCUT2D eigenvalue weighted by atomic mass is 9.99. The molecule has 0 aliphatic heterocycles. The minimum atomic E-state index is -0.500. The van der Waals surface area contributed by atoms with Gasteiger partial charge in [-0.05, 0) is 43.4 Å². The number of phenols is 1. The second-order valence-electron chi connectivity index (χ2n) is 6.29. The first kappa shape index (κ1) is 23.7. The first-order chi connectivity index (χ1) is 12.1. The molecule has 0 spiro atoms. The van der Waals surface area contributed by atoms with Crippen molar-refractivity contribution in [2.24, 2.45) is 0 Å². The van der Waals surface area contributed by atoms with Crippen LogP contribution in [0.15, 0.2) is 18.2 Å². The van der Waals surface area contributed by atoms with Crippen LogP contribution in [0.3, 0.4) is 0 Å². The van der Waals surface area contributed by atoms with E-state index in [0.717, 1.165) is 24.8 Å². The maximum absolute atomic E-state index is 10.1. The molecule has 2 atom stereocenters. The summed E-state index contributed by atoms with van der Waals surface area (Å²) in [5, 5.41) is 29.6. The fourth-order valence-corrected chi connectivity index (χ4v) is 2.74. The van der Waals surface area contributed by atoms with Crippen LogP contribution >= 0.6 is 0 Å². The molecule has 25 heavy (non-hydrogen) atoms. The number of rotatable bonds is 12. The smallest absolute Gasteiger partial charge is 0.160 e. The van der Waals surface area contributed by atoms with Crippen molar-refractivity contribution in [2.45, 2.75) is 90.8 Å². The molecule has 3 N–H and O–H groups in total. The minimum Gasteiger partial charge on any atom is -0.504 e. The molecule has 0 heterocycles. The van der Waals surface area contributed by atoms with Crippen LogP contribution in [0.25, 0.3) is 0 Å². The average molecular weight is 355 g/mol. The highest BCUT2D eigenvalue weighted by Gasteiger charge is 2.12. The van der Waals surface area contributed by atoms with Gasteiger partial charge in [0.05, 0.1) is 19.3 Å². The van der Waals surface area contributed by atoms with Gasteiger partial charge < -0.3 is 20.1 Å². The largest absolute Gasteiger partial charge is 0.504 e. The zero-order valence-electron chi connectivity index (χ0n) is 16.5. The van der Waals surface area contributed by atoms with Crippen LogP contribution in [0.4, 0.5) is 0 Å². The third-order valence-corrected chi connectivity index (χ3v) is 4.20. The van der Waals surface area contributed by atoms with E-state index in [2.05, 4.69) is 6.92 Å². The molecule has 0 radical (unpaired) electrons. The van der Waals surface area contributed by atoms with Crippen molar-refractivity contribution in [3.05, 3.63) is 23.8 Å². The topological polar surface area (TPSA) is 69.9 Å². The molecule has 4 nitrogen and oxygen atoms in total. The predicted molar refractivity (Wildman–Crippen MR) is 104 cm³/mol. The zero-order chi connectivity index (χ0) is 19.1. The molecule has 0 aliphatic rings. The minimum absolute atomic E-state index is 0.121. The summed E-state index contributed by atoms with van der Waals surface area (Å²) >= 11 is 0. The van der Waals surface area contributed by atoms with Crippen molar-refractivity contribution in [3.8, 4) is 11.5 Å². The van der Waals surface area contributed by atoms with Gasteiger partial charge in [0.1, 0.15) is 0 Å². The molecule has 4 heteroatoms. The van der Waals surface area contributed by atoms with Crippen molar-refractivity contribution in [1.29, 1.82) is 0 Å². The summed E-state index contributed by atoms with van der Waals surface area (Å²) < 4.78 is 5.08. The summed E-state index contributed by atoms with van der Waals surface area (Å²) in [7, 11) is 1.52. The number of benzene rings is 1. The quantitative estimate of drug-likeness (QED) is 0.470. The van der Waals surface area contributed by atoms with Gasteiger partial charge in [0.25, 0.3) is 0 Å². The normalized spacial score (nSPS) is 12.9. The Labute approximate surface area is 153 Å². The monoisotopic (exact) mass is 354 g/mol. The highest BCUT2D eigenvalue weighted by molar-refractivity contribution is 5.41. The third-order valence-electron chi connectivity index (χ3n) is 4.20. The second-order valence-corrected chi connectivity index (χ2v) is 6.29. The Morgan fingerprint density at radius 3 is 2.24 bits per heavy atom. The molecule has 0 aromatic heterocycles. The number of phenolic OH excluding ortho intramolecular Hbond substituents is 1. The number of methoxy groups -OCH3 is 1. The lowest BCUT2D eigenvalue weighted by Gasteiger charge is -2.16. The Hall–Kier alpha value is -1.26. The molecule has 2 unspecified atom stereocenters. The van der Waals surface area contributed by atoms with Gasteiger partial charge in [-0.2, -0.15) is 0 Å². The predicted octanol–water partition coefficient (Wildman–Crippen LogP) is 4.83. The van der Waals surface area contributed by atoms with Gasteiger partial charge >= 0.3 is 0 Å². The molecule has 0 fully saturated rings. The van der Waals surface area contributed by atoms with Gasteiger partial charge in [0, 0.05) is 0 Å². The van der Waals surface area contributed by atoms with E-state index in [1.165, 1.54) is 26.4 Å². The second kappa shape index (κ2) is 15.0. The molecule has 1 rings (SSSR count). The fourth-order valence-electron chi connectivity index (χ4n) is 2.74. The lowest BCUT2D eigenvalue weighted by molar-refractivity contribution is 0.0697. The average Bonchev–Trinajstić information content (AvgIpc) is 2.62. The van der Waals surface area contributed by atoms with Gasteiger partial charge in [0.15, 0.2) is 11.5 Å². The van der Waals surface area contributed by atoms with Crippen molar-refractivity contribution >= 4 is 0 Å². The van der Waals surface area contributed by atoms with E-state index in [1.54, 1.807) is 12.1 Å².